The number of rotatable bonds is 6. The fraction of sp³-hybridized carbons (Fsp3) is 0.350. The third-order valence-corrected chi connectivity index (χ3v) is 4.73. The molecule has 2 N–H and O–H groups in total. The molecule has 0 aromatic heterocycles. The van der Waals surface area contributed by atoms with Crippen molar-refractivity contribution >= 4 is 5.91 Å². The number of halogens is 1. The van der Waals surface area contributed by atoms with Crippen LogP contribution in [0.2, 0.25) is 0 Å². The van der Waals surface area contributed by atoms with Crippen molar-refractivity contribution in [1.29, 1.82) is 0 Å². The monoisotopic (exact) mass is 343 g/mol. The van der Waals surface area contributed by atoms with Crippen molar-refractivity contribution in [1.82, 2.24) is 5.32 Å². The van der Waals surface area contributed by atoms with Crippen molar-refractivity contribution in [2.24, 2.45) is 0 Å². The molecule has 0 saturated carbocycles. The Morgan fingerprint density at radius 1 is 1.16 bits per heavy atom. The minimum Gasteiger partial charge on any atom is -0.497 e. The lowest BCUT2D eigenvalue weighted by atomic mass is 10.1. The van der Waals surface area contributed by atoms with E-state index in [2.05, 4.69) is 11.4 Å². The second-order valence-corrected chi connectivity index (χ2v) is 6.43. The fourth-order valence-corrected chi connectivity index (χ4v) is 3.30. The van der Waals surface area contributed by atoms with Crippen molar-refractivity contribution in [3.63, 3.8) is 0 Å². The maximum Gasteiger partial charge on any atom is 0.254 e. The number of likely N-dealkylation sites (tertiary alicyclic amines) is 1. The van der Waals surface area contributed by atoms with Gasteiger partial charge in [0.15, 0.2) is 0 Å². The van der Waals surface area contributed by atoms with Gasteiger partial charge in [-0.05, 0) is 17.7 Å². The first-order valence-electron chi connectivity index (χ1n) is 8.69. The summed E-state index contributed by atoms with van der Waals surface area (Å²) in [5.74, 6) is -0.594. The number of carbonyl (C=O) groups is 1. The van der Waals surface area contributed by atoms with Crippen LogP contribution in [0.5, 0.6) is 5.75 Å². The Morgan fingerprint density at radius 3 is 2.56 bits per heavy atom. The van der Waals surface area contributed by atoms with E-state index < -0.39 is 11.7 Å². The van der Waals surface area contributed by atoms with Crippen molar-refractivity contribution in [3.8, 4) is 5.75 Å². The summed E-state index contributed by atoms with van der Waals surface area (Å²) >= 11 is 0. The Bertz CT molecular complexity index is 742. The maximum absolute atomic E-state index is 14.0. The Hall–Kier alpha value is -2.40. The largest absolute Gasteiger partial charge is 0.497 e. The van der Waals surface area contributed by atoms with Crippen LogP contribution in [0.4, 0.5) is 4.39 Å². The molecule has 25 heavy (non-hydrogen) atoms. The topological polar surface area (TPSA) is 42.8 Å². The Labute approximate surface area is 147 Å². The van der Waals surface area contributed by atoms with Crippen LogP contribution in [0.15, 0.2) is 42.5 Å². The van der Waals surface area contributed by atoms with E-state index in [1.54, 1.807) is 11.0 Å². The van der Waals surface area contributed by atoms with E-state index in [4.69, 9.17) is 4.74 Å². The third kappa shape index (κ3) is 4.37. The van der Waals surface area contributed by atoms with E-state index in [1.165, 1.54) is 50.7 Å². The summed E-state index contributed by atoms with van der Waals surface area (Å²) in [4.78, 5) is 13.9. The van der Waals surface area contributed by atoms with Gasteiger partial charge in [0.2, 0.25) is 0 Å². The molecule has 0 radical (unpaired) electrons. The van der Waals surface area contributed by atoms with Crippen molar-refractivity contribution in [3.05, 3.63) is 65.0 Å². The second kappa shape index (κ2) is 8.12. The minimum absolute atomic E-state index is 0.0310. The predicted octanol–water partition coefficient (Wildman–Crippen LogP) is 1.94. The molecule has 0 aliphatic carbocycles. The highest BCUT2D eigenvalue weighted by molar-refractivity contribution is 5.94. The summed E-state index contributed by atoms with van der Waals surface area (Å²) in [6.07, 6.45) is 2.57. The lowest BCUT2D eigenvalue weighted by molar-refractivity contribution is -0.901. The predicted molar refractivity (Wildman–Crippen MR) is 94.2 cm³/mol. The first-order chi connectivity index (χ1) is 12.2. The van der Waals surface area contributed by atoms with E-state index in [0.717, 1.165) is 12.1 Å². The van der Waals surface area contributed by atoms with Gasteiger partial charge in [-0.1, -0.05) is 24.3 Å². The van der Waals surface area contributed by atoms with Crippen LogP contribution < -0.4 is 15.0 Å². The SMILES string of the molecule is COc1ccc(C(=O)NCc2ccccc2C[NH+]2CCCC2)c(F)c1. The number of nitrogens with one attached hydrogen (secondary N) is 2. The van der Waals surface area contributed by atoms with Gasteiger partial charge in [-0.15, -0.1) is 0 Å². The maximum atomic E-state index is 14.0. The number of amides is 1. The molecule has 1 fully saturated rings. The Kier molecular flexibility index (Phi) is 5.66. The van der Waals surface area contributed by atoms with E-state index in [9.17, 15) is 9.18 Å². The number of benzene rings is 2. The average molecular weight is 343 g/mol. The molecule has 132 valence electrons. The molecule has 1 aliphatic heterocycles. The van der Waals surface area contributed by atoms with Crippen molar-refractivity contribution in [2.75, 3.05) is 20.2 Å². The normalized spacial score (nSPS) is 14.5. The summed E-state index contributed by atoms with van der Waals surface area (Å²) in [6.45, 7) is 3.78. The highest BCUT2D eigenvalue weighted by Gasteiger charge is 2.18. The van der Waals surface area contributed by atoms with E-state index >= 15 is 0 Å². The summed E-state index contributed by atoms with van der Waals surface area (Å²) in [5.41, 5.74) is 2.36. The van der Waals surface area contributed by atoms with Crippen LogP contribution in [0.3, 0.4) is 0 Å². The smallest absolute Gasteiger partial charge is 0.254 e. The van der Waals surface area contributed by atoms with Gasteiger partial charge in [-0.2, -0.15) is 0 Å². The van der Waals surface area contributed by atoms with Crippen LogP contribution in [0, 0.1) is 5.82 Å². The zero-order chi connectivity index (χ0) is 17.6. The number of quaternary nitrogens is 1. The van der Waals surface area contributed by atoms with Gasteiger partial charge in [0, 0.05) is 31.0 Å². The van der Waals surface area contributed by atoms with E-state index in [1.807, 2.05) is 18.2 Å². The molecule has 1 saturated heterocycles. The fourth-order valence-electron chi connectivity index (χ4n) is 3.30. The molecule has 2 aromatic carbocycles. The third-order valence-electron chi connectivity index (χ3n) is 4.73. The standard InChI is InChI=1S/C20H23FN2O2/c1-25-17-8-9-18(19(21)12-17)20(24)22-13-15-6-2-3-7-16(15)14-23-10-4-5-11-23/h2-3,6-9,12H,4-5,10-11,13-14H2,1H3,(H,22,24)/p+1. The van der Waals surface area contributed by atoms with E-state index in [0.29, 0.717) is 12.3 Å². The van der Waals surface area contributed by atoms with Crippen molar-refractivity contribution in [2.45, 2.75) is 25.9 Å². The molecule has 4 nitrogen and oxygen atoms in total. The van der Waals surface area contributed by atoms with Gasteiger partial charge < -0.3 is 15.0 Å². The number of carbonyl (C=O) groups excluding carboxylic acids is 1. The molecule has 3 rings (SSSR count). The van der Waals surface area contributed by atoms with Crippen LogP contribution >= 0.6 is 0 Å². The molecule has 1 heterocycles. The highest BCUT2D eigenvalue weighted by Crippen LogP contribution is 2.16. The lowest BCUT2D eigenvalue weighted by Crippen LogP contribution is -3.08. The molecule has 0 atom stereocenters. The van der Waals surface area contributed by atoms with Gasteiger partial charge in [-0.25, -0.2) is 4.39 Å². The van der Waals surface area contributed by atoms with E-state index in [-0.39, 0.29) is 5.56 Å². The summed E-state index contributed by atoms with van der Waals surface area (Å²) in [5, 5.41) is 2.83. The van der Waals surface area contributed by atoms with Crippen molar-refractivity contribution < 1.29 is 18.8 Å². The highest BCUT2D eigenvalue weighted by atomic mass is 19.1. The number of methoxy groups -OCH3 is 1. The molecular formula is C20H24FN2O2+. The number of hydrogen-bond acceptors (Lipinski definition) is 2. The first-order valence-corrected chi connectivity index (χ1v) is 8.69. The molecule has 1 amide bonds. The first kappa shape index (κ1) is 17.4. The zero-order valence-corrected chi connectivity index (χ0v) is 14.5. The molecule has 1 aliphatic rings. The summed E-state index contributed by atoms with van der Waals surface area (Å²) < 4.78 is 19.0. The zero-order valence-electron chi connectivity index (χ0n) is 14.5. The van der Waals surface area contributed by atoms with Gasteiger partial charge in [0.05, 0.1) is 25.8 Å². The second-order valence-electron chi connectivity index (χ2n) is 6.43. The lowest BCUT2D eigenvalue weighted by Gasteiger charge is -2.15. The molecule has 2 aromatic rings. The molecule has 5 heteroatoms. The number of hydrogen-bond donors (Lipinski definition) is 2. The quantitative estimate of drug-likeness (QED) is 0.842. The summed E-state index contributed by atoms with van der Waals surface area (Å²) in [7, 11) is 1.47. The molecule has 0 bridgehead atoms. The Morgan fingerprint density at radius 2 is 1.88 bits per heavy atom. The summed E-state index contributed by atoms with van der Waals surface area (Å²) in [6, 6.07) is 12.4. The van der Waals surface area contributed by atoms with Crippen LogP contribution in [0.25, 0.3) is 0 Å². The van der Waals surface area contributed by atoms with Crippen LogP contribution in [-0.2, 0) is 13.1 Å². The molecule has 0 unspecified atom stereocenters. The molecule has 0 spiro atoms. The van der Waals surface area contributed by atoms with Gasteiger partial charge >= 0.3 is 0 Å². The minimum atomic E-state index is -0.577. The number of ether oxygens (including phenoxy) is 1. The van der Waals surface area contributed by atoms with Gasteiger partial charge in [0.1, 0.15) is 18.1 Å². The average Bonchev–Trinajstić information content (AvgIpc) is 3.13. The van der Waals surface area contributed by atoms with Crippen LogP contribution in [0.1, 0.15) is 34.3 Å². The van der Waals surface area contributed by atoms with Gasteiger partial charge in [0.25, 0.3) is 5.91 Å². The molecular weight excluding hydrogens is 319 g/mol. The van der Waals surface area contributed by atoms with Crippen LogP contribution in [-0.4, -0.2) is 26.1 Å². The van der Waals surface area contributed by atoms with Gasteiger partial charge in [-0.3, -0.25) is 4.79 Å². The Balaban J connectivity index is 1.66.